The molecule has 3 aromatic carbocycles. The molecule has 0 radical (unpaired) electrons. The van der Waals surface area contributed by atoms with Gasteiger partial charge in [0.1, 0.15) is 6.04 Å². The summed E-state index contributed by atoms with van der Waals surface area (Å²) in [5, 5.41) is 3.15. The molecule has 5 rings (SSSR count). The van der Waals surface area contributed by atoms with Crippen molar-refractivity contribution >= 4 is 58.1 Å². The van der Waals surface area contributed by atoms with Gasteiger partial charge in [-0.05, 0) is 99.7 Å². The minimum absolute atomic E-state index is 0.119. The van der Waals surface area contributed by atoms with E-state index >= 15 is 0 Å². The number of carbonyl (C=O) groups is 4. The van der Waals surface area contributed by atoms with E-state index in [0.29, 0.717) is 34.2 Å². The molecule has 0 aliphatic carbocycles. The van der Waals surface area contributed by atoms with Gasteiger partial charge in [-0.3, -0.25) is 19.4 Å². The summed E-state index contributed by atoms with van der Waals surface area (Å²) in [5.74, 6) is -1.56. The fraction of sp³-hybridized carbons (Fsp3) is 0.361. The SMILES string of the molecule is CCOC(=O)c1ccc(NC(=O)C[C@H]2C(=O)N(c3ccc(C(=O)OCC)cc3)C(=S)N2CCCN2CCN(c3ccccc3)CC2)cc1. The van der Waals surface area contributed by atoms with Gasteiger partial charge in [-0.2, -0.15) is 0 Å². The van der Waals surface area contributed by atoms with Gasteiger partial charge in [-0.25, -0.2) is 9.59 Å². The topological polar surface area (TPSA) is 112 Å². The molecular weight excluding hydrogens is 630 g/mol. The highest BCUT2D eigenvalue weighted by atomic mass is 32.1. The zero-order chi connectivity index (χ0) is 34.0. The van der Waals surface area contributed by atoms with Crippen molar-refractivity contribution in [2.24, 2.45) is 0 Å². The van der Waals surface area contributed by atoms with Crippen LogP contribution < -0.4 is 15.1 Å². The molecule has 0 saturated carbocycles. The zero-order valence-electron chi connectivity index (χ0n) is 27.3. The number of anilines is 3. The van der Waals surface area contributed by atoms with Gasteiger partial charge >= 0.3 is 11.9 Å². The number of hydrogen-bond donors (Lipinski definition) is 1. The van der Waals surface area contributed by atoms with E-state index in [9.17, 15) is 19.2 Å². The monoisotopic (exact) mass is 671 g/mol. The van der Waals surface area contributed by atoms with Crippen molar-refractivity contribution in [1.29, 1.82) is 0 Å². The number of carbonyl (C=O) groups excluding carboxylic acids is 4. The molecule has 1 N–H and O–H groups in total. The maximum absolute atomic E-state index is 13.9. The number of rotatable bonds is 13. The first-order chi connectivity index (χ1) is 23.3. The van der Waals surface area contributed by atoms with Gasteiger partial charge in [0, 0.05) is 44.1 Å². The normalized spacial score (nSPS) is 16.6. The molecule has 2 fully saturated rings. The van der Waals surface area contributed by atoms with Gasteiger partial charge in [-0.15, -0.1) is 0 Å². The number of amides is 2. The Morgan fingerprint density at radius 1 is 0.771 bits per heavy atom. The van der Waals surface area contributed by atoms with Crippen LogP contribution >= 0.6 is 12.2 Å². The molecule has 252 valence electrons. The van der Waals surface area contributed by atoms with Gasteiger partial charge in [-0.1, -0.05) is 18.2 Å². The first-order valence-corrected chi connectivity index (χ1v) is 16.7. The van der Waals surface area contributed by atoms with E-state index in [1.165, 1.54) is 10.6 Å². The molecule has 0 spiro atoms. The summed E-state index contributed by atoms with van der Waals surface area (Å²) in [5.41, 5.74) is 2.98. The number of ether oxygens (including phenoxy) is 2. The van der Waals surface area contributed by atoms with Gasteiger partial charge < -0.3 is 24.6 Å². The lowest BCUT2D eigenvalue weighted by atomic mass is 10.1. The quantitative estimate of drug-likeness (QED) is 0.205. The van der Waals surface area contributed by atoms with Crippen LogP contribution in [0, 0.1) is 0 Å². The second-order valence-corrected chi connectivity index (χ2v) is 11.9. The second kappa shape index (κ2) is 16.3. The summed E-state index contributed by atoms with van der Waals surface area (Å²) in [6.07, 6.45) is 0.633. The number of esters is 2. The molecule has 0 aromatic heterocycles. The third-order valence-electron chi connectivity index (χ3n) is 8.38. The Morgan fingerprint density at radius 3 is 1.94 bits per heavy atom. The highest BCUT2D eigenvalue weighted by Crippen LogP contribution is 2.28. The van der Waals surface area contributed by atoms with Crippen LogP contribution in [0.1, 0.15) is 47.4 Å². The first-order valence-electron chi connectivity index (χ1n) is 16.3. The van der Waals surface area contributed by atoms with Gasteiger partial charge in [0.15, 0.2) is 5.11 Å². The van der Waals surface area contributed by atoms with E-state index in [2.05, 4.69) is 39.4 Å². The predicted molar refractivity (Wildman–Crippen MR) is 188 cm³/mol. The minimum atomic E-state index is -0.809. The molecule has 12 heteroatoms. The Hall–Kier alpha value is -4.81. The number of nitrogens with one attached hydrogen (secondary N) is 1. The zero-order valence-corrected chi connectivity index (χ0v) is 28.1. The molecule has 2 aliphatic heterocycles. The number of benzene rings is 3. The Kier molecular flexibility index (Phi) is 11.8. The molecule has 2 heterocycles. The van der Waals surface area contributed by atoms with E-state index in [1.54, 1.807) is 62.4 Å². The summed E-state index contributed by atoms with van der Waals surface area (Å²) >= 11 is 5.85. The fourth-order valence-electron chi connectivity index (χ4n) is 5.91. The van der Waals surface area contributed by atoms with Crippen molar-refractivity contribution in [3.05, 3.63) is 90.0 Å². The standard InChI is InChI=1S/C36H41N5O6S/c1-3-46-34(44)26-11-15-28(16-12-26)37-32(42)25-31-33(43)41(30-17-13-27(14-18-30)35(45)47-4-2)36(48)40(31)20-8-19-38-21-23-39(24-22-38)29-9-6-5-7-10-29/h5-7,9-18,31H,3-4,8,19-25H2,1-2H3,(H,37,42)/t31-/m0/s1. The van der Waals surface area contributed by atoms with Gasteiger partial charge in [0.05, 0.1) is 36.4 Å². The van der Waals surface area contributed by atoms with Crippen LogP contribution in [-0.4, -0.2) is 97.2 Å². The predicted octanol–water partition coefficient (Wildman–Crippen LogP) is 4.58. The summed E-state index contributed by atoms with van der Waals surface area (Å²) in [6.45, 7) is 9.04. The van der Waals surface area contributed by atoms with Crippen LogP contribution in [0.5, 0.6) is 0 Å². The number of hydrogen-bond acceptors (Lipinski definition) is 9. The van der Waals surface area contributed by atoms with Crippen molar-refractivity contribution in [3.8, 4) is 0 Å². The van der Waals surface area contributed by atoms with Crippen LogP contribution in [0.4, 0.5) is 17.1 Å². The summed E-state index contributed by atoms with van der Waals surface area (Å²) in [4.78, 5) is 59.4. The van der Waals surface area contributed by atoms with Crippen LogP contribution in [0.15, 0.2) is 78.9 Å². The molecule has 48 heavy (non-hydrogen) atoms. The molecule has 0 bridgehead atoms. The summed E-state index contributed by atoms with van der Waals surface area (Å²) < 4.78 is 10.1. The average Bonchev–Trinajstić information content (AvgIpc) is 3.33. The van der Waals surface area contributed by atoms with E-state index in [1.807, 2.05) is 11.0 Å². The van der Waals surface area contributed by atoms with E-state index in [-0.39, 0.29) is 31.4 Å². The molecule has 2 saturated heterocycles. The van der Waals surface area contributed by atoms with Crippen molar-refractivity contribution < 1.29 is 28.7 Å². The highest BCUT2D eigenvalue weighted by Gasteiger charge is 2.44. The largest absolute Gasteiger partial charge is 0.462 e. The Labute approximate surface area is 286 Å². The Morgan fingerprint density at radius 2 is 1.35 bits per heavy atom. The van der Waals surface area contributed by atoms with Gasteiger partial charge in [0.25, 0.3) is 5.91 Å². The Bertz CT molecular complexity index is 1590. The van der Waals surface area contributed by atoms with E-state index < -0.39 is 18.0 Å². The molecule has 3 aromatic rings. The first kappa shape index (κ1) is 34.5. The summed E-state index contributed by atoms with van der Waals surface area (Å²) in [6, 6.07) is 22.5. The molecular formula is C36H41N5O6S. The van der Waals surface area contributed by atoms with Crippen LogP contribution in [-0.2, 0) is 19.1 Å². The fourth-order valence-corrected chi connectivity index (χ4v) is 6.32. The Balaban J connectivity index is 1.25. The smallest absolute Gasteiger partial charge is 0.338 e. The molecule has 1 atom stereocenters. The maximum atomic E-state index is 13.9. The lowest BCUT2D eigenvalue weighted by Gasteiger charge is -2.36. The van der Waals surface area contributed by atoms with E-state index in [0.717, 1.165) is 39.1 Å². The molecule has 0 unspecified atom stereocenters. The number of nitrogens with zero attached hydrogens (tertiary/aromatic N) is 4. The van der Waals surface area contributed by atoms with Crippen LogP contribution in [0.2, 0.25) is 0 Å². The van der Waals surface area contributed by atoms with Crippen LogP contribution in [0.25, 0.3) is 0 Å². The lowest BCUT2D eigenvalue weighted by molar-refractivity contribution is -0.124. The summed E-state index contributed by atoms with van der Waals surface area (Å²) in [7, 11) is 0. The highest BCUT2D eigenvalue weighted by molar-refractivity contribution is 7.80. The number of piperazine rings is 1. The van der Waals surface area contributed by atoms with Crippen molar-refractivity contribution in [2.75, 3.05) is 67.6 Å². The molecule has 2 aliphatic rings. The third kappa shape index (κ3) is 8.36. The average molecular weight is 672 g/mol. The number of thiocarbonyl (C=S) groups is 1. The number of para-hydroxylation sites is 1. The van der Waals surface area contributed by atoms with Crippen molar-refractivity contribution in [1.82, 2.24) is 9.80 Å². The lowest BCUT2D eigenvalue weighted by Crippen LogP contribution is -2.47. The molecule has 2 amide bonds. The minimum Gasteiger partial charge on any atom is -0.462 e. The van der Waals surface area contributed by atoms with Crippen LogP contribution in [0.3, 0.4) is 0 Å². The van der Waals surface area contributed by atoms with E-state index in [4.69, 9.17) is 21.7 Å². The maximum Gasteiger partial charge on any atom is 0.338 e. The molecule has 11 nitrogen and oxygen atoms in total. The van der Waals surface area contributed by atoms with Crippen molar-refractivity contribution in [2.45, 2.75) is 32.7 Å². The second-order valence-electron chi connectivity index (χ2n) is 11.5. The van der Waals surface area contributed by atoms with Gasteiger partial charge in [0.2, 0.25) is 5.91 Å². The third-order valence-corrected chi connectivity index (χ3v) is 8.80. The van der Waals surface area contributed by atoms with Crippen molar-refractivity contribution in [3.63, 3.8) is 0 Å².